The molecular weight excluding hydrogens is 234 g/mol. The van der Waals surface area contributed by atoms with Crippen LogP contribution in [0.3, 0.4) is 0 Å². The molecule has 1 atom stereocenters. The molecule has 0 aliphatic heterocycles. The number of ether oxygens (including phenoxy) is 1. The van der Waals surface area contributed by atoms with Crippen molar-refractivity contribution in [1.82, 2.24) is 5.32 Å². The predicted molar refractivity (Wildman–Crippen MR) is 80.6 cm³/mol. The second-order valence-electron chi connectivity index (χ2n) is 5.61. The first-order chi connectivity index (χ1) is 9.16. The van der Waals surface area contributed by atoms with Gasteiger partial charge in [0.2, 0.25) is 0 Å². The van der Waals surface area contributed by atoms with Gasteiger partial charge in [0.25, 0.3) is 0 Å². The van der Waals surface area contributed by atoms with Gasteiger partial charge in [0.1, 0.15) is 11.9 Å². The number of hydrogen-bond acceptors (Lipinski definition) is 2. The molecule has 0 amide bonds. The van der Waals surface area contributed by atoms with E-state index in [4.69, 9.17) is 4.74 Å². The topological polar surface area (TPSA) is 21.3 Å². The number of rotatable bonds is 5. The molecule has 0 saturated carbocycles. The molecule has 1 N–H and O–H groups in total. The Kier molecular flexibility index (Phi) is 5.03. The van der Waals surface area contributed by atoms with Crippen molar-refractivity contribution in [3.8, 4) is 5.75 Å². The molecule has 1 unspecified atom stereocenters. The molecule has 2 nitrogen and oxygen atoms in total. The highest BCUT2D eigenvalue weighted by Crippen LogP contribution is 2.27. The van der Waals surface area contributed by atoms with Crippen LogP contribution in [-0.4, -0.2) is 12.1 Å². The highest BCUT2D eigenvalue weighted by Gasteiger charge is 2.14. The van der Waals surface area contributed by atoms with Crippen molar-refractivity contribution >= 4 is 0 Å². The molecular formula is C17H25NO. The number of nitrogens with one attached hydrogen (secondary N) is 1. The SMILES string of the molecule is Cc1cccc(CNC(C)C)c1OC1C=CCCC1. The van der Waals surface area contributed by atoms with E-state index in [-0.39, 0.29) is 6.10 Å². The molecule has 1 aromatic rings. The van der Waals surface area contributed by atoms with Crippen molar-refractivity contribution in [1.29, 1.82) is 0 Å². The number of para-hydroxylation sites is 1. The summed E-state index contributed by atoms with van der Waals surface area (Å²) in [7, 11) is 0. The molecule has 19 heavy (non-hydrogen) atoms. The third kappa shape index (κ3) is 4.10. The van der Waals surface area contributed by atoms with Gasteiger partial charge in [-0.2, -0.15) is 0 Å². The number of allylic oxidation sites excluding steroid dienone is 1. The van der Waals surface area contributed by atoms with E-state index in [1.807, 2.05) is 0 Å². The Morgan fingerprint density at radius 3 is 2.89 bits per heavy atom. The van der Waals surface area contributed by atoms with Crippen molar-refractivity contribution in [3.05, 3.63) is 41.5 Å². The highest BCUT2D eigenvalue weighted by atomic mass is 16.5. The molecule has 1 aliphatic rings. The molecule has 0 radical (unpaired) electrons. The van der Waals surface area contributed by atoms with Gasteiger partial charge >= 0.3 is 0 Å². The van der Waals surface area contributed by atoms with Crippen LogP contribution in [0.4, 0.5) is 0 Å². The number of hydrogen-bond donors (Lipinski definition) is 1. The number of benzene rings is 1. The maximum atomic E-state index is 6.22. The smallest absolute Gasteiger partial charge is 0.127 e. The summed E-state index contributed by atoms with van der Waals surface area (Å²) in [6.07, 6.45) is 8.23. The fourth-order valence-electron chi connectivity index (χ4n) is 2.37. The van der Waals surface area contributed by atoms with Crippen LogP contribution in [0.15, 0.2) is 30.4 Å². The first-order valence-corrected chi connectivity index (χ1v) is 7.32. The predicted octanol–water partition coefficient (Wildman–Crippen LogP) is 3.98. The summed E-state index contributed by atoms with van der Waals surface area (Å²) in [5.74, 6) is 1.06. The van der Waals surface area contributed by atoms with Crippen LogP contribution in [0.25, 0.3) is 0 Å². The molecule has 2 heteroatoms. The van der Waals surface area contributed by atoms with Crippen LogP contribution in [-0.2, 0) is 6.54 Å². The summed E-state index contributed by atoms with van der Waals surface area (Å²) in [4.78, 5) is 0. The van der Waals surface area contributed by atoms with Gasteiger partial charge in [-0.3, -0.25) is 0 Å². The first-order valence-electron chi connectivity index (χ1n) is 7.32. The van der Waals surface area contributed by atoms with Crippen LogP contribution in [0.1, 0.15) is 44.2 Å². The lowest BCUT2D eigenvalue weighted by Crippen LogP contribution is -2.23. The Bertz CT molecular complexity index is 437. The van der Waals surface area contributed by atoms with Crippen LogP contribution >= 0.6 is 0 Å². The van der Waals surface area contributed by atoms with Crippen LogP contribution in [0, 0.1) is 6.92 Å². The second kappa shape index (κ2) is 6.76. The summed E-state index contributed by atoms with van der Waals surface area (Å²) in [6, 6.07) is 6.88. The summed E-state index contributed by atoms with van der Waals surface area (Å²) >= 11 is 0. The summed E-state index contributed by atoms with van der Waals surface area (Å²) in [5.41, 5.74) is 2.48. The minimum atomic E-state index is 0.243. The Morgan fingerprint density at radius 2 is 2.21 bits per heavy atom. The molecule has 1 aromatic carbocycles. The molecule has 0 heterocycles. The zero-order valence-electron chi connectivity index (χ0n) is 12.3. The van der Waals surface area contributed by atoms with Gasteiger partial charge in [-0.25, -0.2) is 0 Å². The van der Waals surface area contributed by atoms with Gasteiger partial charge in [-0.05, 0) is 37.8 Å². The largest absolute Gasteiger partial charge is 0.486 e. The van der Waals surface area contributed by atoms with E-state index in [2.05, 4.69) is 56.4 Å². The molecule has 0 bridgehead atoms. The zero-order chi connectivity index (χ0) is 13.7. The van der Waals surface area contributed by atoms with Crippen LogP contribution in [0.2, 0.25) is 0 Å². The summed E-state index contributed by atoms with van der Waals surface area (Å²) in [6.45, 7) is 7.33. The van der Waals surface area contributed by atoms with Gasteiger partial charge in [0, 0.05) is 18.2 Å². The highest BCUT2D eigenvalue weighted by molar-refractivity contribution is 5.41. The normalized spacial score (nSPS) is 18.8. The van der Waals surface area contributed by atoms with E-state index in [1.165, 1.54) is 24.0 Å². The van der Waals surface area contributed by atoms with Crippen molar-refractivity contribution in [2.24, 2.45) is 0 Å². The van der Waals surface area contributed by atoms with E-state index in [0.717, 1.165) is 18.7 Å². The van der Waals surface area contributed by atoms with Gasteiger partial charge in [-0.15, -0.1) is 0 Å². The van der Waals surface area contributed by atoms with Crippen LogP contribution in [0.5, 0.6) is 5.75 Å². The van der Waals surface area contributed by atoms with E-state index >= 15 is 0 Å². The second-order valence-corrected chi connectivity index (χ2v) is 5.61. The Hall–Kier alpha value is -1.28. The third-order valence-corrected chi connectivity index (χ3v) is 3.47. The van der Waals surface area contributed by atoms with Crippen molar-refractivity contribution in [3.63, 3.8) is 0 Å². The minimum absolute atomic E-state index is 0.243. The van der Waals surface area contributed by atoms with E-state index < -0.39 is 0 Å². The van der Waals surface area contributed by atoms with E-state index in [1.54, 1.807) is 0 Å². The summed E-state index contributed by atoms with van der Waals surface area (Å²) in [5, 5.41) is 3.47. The first kappa shape index (κ1) is 14.1. The lowest BCUT2D eigenvalue weighted by atomic mass is 10.0. The molecule has 0 saturated heterocycles. The lowest BCUT2D eigenvalue weighted by Gasteiger charge is -2.22. The molecule has 0 fully saturated rings. The standard InChI is InChI=1S/C17H25NO/c1-13(2)18-12-15-9-7-8-14(3)17(15)19-16-10-5-4-6-11-16/h5,7-10,13,16,18H,4,6,11-12H2,1-3H3. The van der Waals surface area contributed by atoms with Gasteiger partial charge in [-0.1, -0.05) is 38.1 Å². The van der Waals surface area contributed by atoms with Crippen molar-refractivity contribution in [2.45, 2.75) is 58.7 Å². The van der Waals surface area contributed by atoms with Gasteiger partial charge in [0.05, 0.1) is 0 Å². The Morgan fingerprint density at radius 1 is 1.37 bits per heavy atom. The average molecular weight is 259 g/mol. The third-order valence-electron chi connectivity index (χ3n) is 3.47. The lowest BCUT2D eigenvalue weighted by molar-refractivity contribution is 0.225. The fraction of sp³-hybridized carbons (Fsp3) is 0.529. The Balaban J connectivity index is 2.12. The maximum absolute atomic E-state index is 6.22. The fourth-order valence-corrected chi connectivity index (χ4v) is 2.37. The molecule has 0 aromatic heterocycles. The molecule has 104 valence electrons. The van der Waals surface area contributed by atoms with Gasteiger partial charge < -0.3 is 10.1 Å². The molecule has 0 spiro atoms. The summed E-state index contributed by atoms with van der Waals surface area (Å²) < 4.78 is 6.22. The van der Waals surface area contributed by atoms with E-state index in [9.17, 15) is 0 Å². The zero-order valence-corrected chi connectivity index (χ0v) is 12.3. The van der Waals surface area contributed by atoms with Gasteiger partial charge in [0.15, 0.2) is 0 Å². The van der Waals surface area contributed by atoms with Crippen LogP contribution < -0.4 is 10.1 Å². The van der Waals surface area contributed by atoms with E-state index in [0.29, 0.717) is 6.04 Å². The Labute approximate surface area is 116 Å². The van der Waals surface area contributed by atoms with Crippen molar-refractivity contribution in [2.75, 3.05) is 0 Å². The maximum Gasteiger partial charge on any atom is 0.127 e. The average Bonchev–Trinajstić information content (AvgIpc) is 2.40. The van der Waals surface area contributed by atoms with Crippen molar-refractivity contribution < 1.29 is 4.74 Å². The number of aryl methyl sites for hydroxylation is 1. The minimum Gasteiger partial charge on any atom is -0.486 e. The quantitative estimate of drug-likeness (QED) is 0.808. The molecule has 2 rings (SSSR count). The monoisotopic (exact) mass is 259 g/mol. The molecule has 1 aliphatic carbocycles.